The van der Waals surface area contributed by atoms with E-state index in [1.807, 2.05) is 19.9 Å². The first-order valence-corrected chi connectivity index (χ1v) is 6.49. The highest BCUT2D eigenvalue weighted by molar-refractivity contribution is 5.34. The number of hydrogen-bond donors (Lipinski definition) is 1. The van der Waals surface area contributed by atoms with Gasteiger partial charge in [-0.2, -0.15) is 4.98 Å². The molecule has 0 bridgehead atoms. The van der Waals surface area contributed by atoms with Crippen molar-refractivity contribution in [3.63, 3.8) is 0 Å². The van der Waals surface area contributed by atoms with Crippen LogP contribution in [-0.2, 0) is 13.2 Å². The predicted octanol–water partition coefficient (Wildman–Crippen LogP) is 2.63. The van der Waals surface area contributed by atoms with Gasteiger partial charge in [-0.1, -0.05) is 31.1 Å². The standard InChI is InChI=1S/C14H18FN3O2/c1-9(2)14-17-12(18-20-14)8-19-13-10(7-16-3)5-4-6-11(13)15/h4-6,9,16H,7-8H2,1-3H3. The second-order valence-corrected chi connectivity index (χ2v) is 4.75. The van der Waals surface area contributed by atoms with Gasteiger partial charge in [-0.15, -0.1) is 0 Å². The van der Waals surface area contributed by atoms with Crippen molar-refractivity contribution >= 4 is 0 Å². The van der Waals surface area contributed by atoms with E-state index in [4.69, 9.17) is 9.26 Å². The molecule has 5 nitrogen and oxygen atoms in total. The number of nitrogens with one attached hydrogen (secondary N) is 1. The van der Waals surface area contributed by atoms with Gasteiger partial charge in [0.1, 0.15) is 0 Å². The lowest BCUT2D eigenvalue weighted by molar-refractivity contribution is 0.269. The average molecular weight is 279 g/mol. The molecule has 0 amide bonds. The molecule has 2 aromatic rings. The molecule has 0 unspecified atom stereocenters. The number of ether oxygens (including phenoxy) is 1. The summed E-state index contributed by atoms with van der Waals surface area (Å²) in [4.78, 5) is 4.19. The van der Waals surface area contributed by atoms with Crippen molar-refractivity contribution in [3.05, 3.63) is 41.3 Å². The van der Waals surface area contributed by atoms with Crippen molar-refractivity contribution in [1.82, 2.24) is 15.5 Å². The zero-order chi connectivity index (χ0) is 14.5. The largest absolute Gasteiger partial charge is 0.482 e. The number of para-hydroxylation sites is 1. The molecule has 1 heterocycles. The summed E-state index contributed by atoms with van der Waals surface area (Å²) in [5, 5.41) is 6.78. The molecule has 0 aliphatic rings. The number of halogens is 1. The molecular formula is C14H18FN3O2. The Morgan fingerprint density at radius 1 is 1.40 bits per heavy atom. The van der Waals surface area contributed by atoms with E-state index >= 15 is 0 Å². The Morgan fingerprint density at radius 2 is 2.20 bits per heavy atom. The molecule has 0 saturated carbocycles. The van der Waals surface area contributed by atoms with Crippen LogP contribution in [-0.4, -0.2) is 17.2 Å². The van der Waals surface area contributed by atoms with Gasteiger partial charge < -0.3 is 14.6 Å². The number of nitrogens with zero attached hydrogens (tertiary/aromatic N) is 2. The molecule has 2 rings (SSSR count). The van der Waals surface area contributed by atoms with Crippen molar-refractivity contribution in [3.8, 4) is 5.75 Å². The van der Waals surface area contributed by atoms with Crippen LogP contribution in [0.25, 0.3) is 0 Å². The third-order valence-corrected chi connectivity index (χ3v) is 2.74. The third kappa shape index (κ3) is 3.33. The maximum atomic E-state index is 13.8. The smallest absolute Gasteiger partial charge is 0.229 e. The van der Waals surface area contributed by atoms with E-state index in [9.17, 15) is 4.39 Å². The molecule has 0 saturated heterocycles. The first-order chi connectivity index (χ1) is 9.61. The highest BCUT2D eigenvalue weighted by Gasteiger charge is 2.13. The fourth-order valence-electron chi connectivity index (χ4n) is 1.74. The van der Waals surface area contributed by atoms with Gasteiger partial charge in [0.2, 0.25) is 11.7 Å². The quantitative estimate of drug-likeness (QED) is 0.880. The summed E-state index contributed by atoms with van der Waals surface area (Å²) >= 11 is 0. The molecule has 6 heteroatoms. The number of hydrogen-bond acceptors (Lipinski definition) is 5. The molecule has 0 aliphatic heterocycles. The maximum absolute atomic E-state index is 13.8. The van der Waals surface area contributed by atoms with E-state index in [1.165, 1.54) is 6.07 Å². The Hall–Kier alpha value is -1.95. The van der Waals surface area contributed by atoms with Gasteiger partial charge in [0.25, 0.3) is 0 Å². The van der Waals surface area contributed by atoms with E-state index in [-0.39, 0.29) is 18.3 Å². The Morgan fingerprint density at radius 3 is 2.85 bits per heavy atom. The van der Waals surface area contributed by atoms with E-state index in [0.29, 0.717) is 18.3 Å². The van der Waals surface area contributed by atoms with Crippen LogP contribution in [0.15, 0.2) is 22.7 Å². The molecule has 1 N–H and O–H groups in total. The molecule has 108 valence electrons. The third-order valence-electron chi connectivity index (χ3n) is 2.74. The molecular weight excluding hydrogens is 261 g/mol. The molecule has 0 spiro atoms. The van der Waals surface area contributed by atoms with Crippen molar-refractivity contribution in [2.24, 2.45) is 0 Å². The molecule has 0 radical (unpaired) electrons. The predicted molar refractivity (Wildman–Crippen MR) is 71.9 cm³/mol. The minimum atomic E-state index is -0.398. The van der Waals surface area contributed by atoms with E-state index in [1.54, 1.807) is 13.1 Å². The molecule has 1 aromatic heterocycles. The fourth-order valence-corrected chi connectivity index (χ4v) is 1.74. The van der Waals surface area contributed by atoms with Gasteiger partial charge >= 0.3 is 0 Å². The first kappa shape index (κ1) is 14.5. The van der Waals surface area contributed by atoms with Gasteiger partial charge in [0, 0.05) is 18.0 Å². The Kier molecular flexibility index (Phi) is 4.68. The summed E-state index contributed by atoms with van der Waals surface area (Å²) in [5.74, 6) is 0.938. The Bertz CT molecular complexity index is 569. The van der Waals surface area contributed by atoms with E-state index in [2.05, 4.69) is 15.5 Å². The van der Waals surface area contributed by atoms with Crippen molar-refractivity contribution in [1.29, 1.82) is 0 Å². The van der Waals surface area contributed by atoms with Gasteiger partial charge in [-0.05, 0) is 13.1 Å². The minimum absolute atomic E-state index is 0.0772. The Balaban J connectivity index is 2.09. The molecule has 20 heavy (non-hydrogen) atoms. The molecule has 1 aromatic carbocycles. The molecule has 0 atom stereocenters. The zero-order valence-electron chi connectivity index (χ0n) is 11.8. The van der Waals surface area contributed by atoms with Gasteiger partial charge in [0.05, 0.1) is 0 Å². The lowest BCUT2D eigenvalue weighted by Gasteiger charge is -2.10. The van der Waals surface area contributed by atoms with E-state index < -0.39 is 5.82 Å². The monoisotopic (exact) mass is 279 g/mol. The molecule has 0 aliphatic carbocycles. The normalized spacial score (nSPS) is 11.1. The zero-order valence-corrected chi connectivity index (χ0v) is 11.8. The van der Waals surface area contributed by atoms with Gasteiger partial charge in [0.15, 0.2) is 18.2 Å². The Labute approximate surface area is 117 Å². The van der Waals surface area contributed by atoms with Crippen LogP contribution < -0.4 is 10.1 Å². The van der Waals surface area contributed by atoms with Crippen LogP contribution in [0.5, 0.6) is 5.75 Å². The van der Waals surface area contributed by atoms with Crippen molar-refractivity contribution < 1.29 is 13.7 Å². The van der Waals surface area contributed by atoms with Gasteiger partial charge in [-0.25, -0.2) is 4.39 Å². The lowest BCUT2D eigenvalue weighted by atomic mass is 10.2. The summed E-state index contributed by atoms with van der Waals surface area (Å²) < 4.78 is 24.4. The summed E-state index contributed by atoms with van der Waals surface area (Å²) in [6, 6.07) is 4.83. The van der Waals surface area contributed by atoms with Gasteiger partial charge in [-0.3, -0.25) is 0 Å². The SMILES string of the molecule is CNCc1cccc(F)c1OCc1noc(C(C)C)n1. The average Bonchev–Trinajstić information content (AvgIpc) is 2.87. The minimum Gasteiger partial charge on any atom is -0.482 e. The van der Waals surface area contributed by atoms with Crippen LogP contribution in [0.2, 0.25) is 0 Å². The van der Waals surface area contributed by atoms with E-state index in [0.717, 1.165) is 5.56 Å². The summed E-state index contributed by atoms with van der Waals surface area (Å²) in [5.41, 5.74) is 0.750. The molecule has 0 fully saturated rings. The number of aromatic nitrogens is 2. The van der Waals surface area contributed by atoms with Crippen molar-refractivity contribution in [2.75, 3.05) is 7.05 Å². The van der Waals surface area contributed by atoms with Crippen LogP contribution >= 0.6 is 0 Å². The highest BCUT2D eigenvalue weighted by Crippen LogP contribution is 2.23. The van der Waals surface area contributed by atoms with Crippen molar-refractivity contribution in [2.45, 2.75) is 32.9 Å². The summed E-state index contributed by atoms with van der Waals surface area (Å²) in [7, 11) is 1.79. The highest BCUT2D eigenvalue weighted by atomic mass is 19.1. The summed E-state index contributed by atoms with van der Waals surface area (Å²) in [6.45, 7) is 4.52. The fraction of sp³-hybridized carbons (Fsp3) is 0.429. The van der Waals surface area contributed by atoms with Crippen LogP contribution in [0.1, 0.15) is 37.0 Å². The second kappa shape index (κ2) is 6.47. The lowest BCUT2D eigenvalue weighted by Crippen LogP contribution is -2.09. The first-order valence-electron chi connectivity index (χ1n) is 6.49. The van der Waals surface area contributed by atoms with Crippen LogP contribution in [0.3, 0.4) is 0 Å². The number of benzene rings is 1. The maximum Gasteiger partial charge on any atom is 0.229 e. The number of rotatable bonds is 6. The topological polar surface area (TPSA) is 60.2 Å². The summed E-state index contributed by atoms with van der Waals surface area (Å²) in [6.07, 6.45) is 0. The second-order valence-electron chi connectivity index (χ2n) is 4.75. The van der Waals surface area contributed by atoms with Crippen LogP contribution in [0.4, 0.5) is 4.39 Å². The van der Waals surface area contributed by atoms with Crippen LogP contribution in [0, 0.1) is 5.82 Å².